The molecule has 2 heteroatoms. The van der Waals surface area contributed by atoms with Gasteiger partial charge in [-0.1, -0.05) is 44.5 Å². The number of aliphatic hydroxyl groups is 1. The second-order valence-corrected chi connectivity index (χ2v) is 5.44. The van der Waals surface area contributed by atoms with Gasteiger partial charge in [-0.2, -0.15) is 0 Å². The van der Waals surface area contributed by atoms with Crippen LogP contribution in [0.5, 0.6) is 0 Å². The first-order valence-electron chi connectivity index (χ1n) is 7.03. The van der Waals surface area contributed by atoms with Crippen LogP contribution in [0.25, 0.3) is 0 Å². The van der Waals surface area contributed by atoms with Gasteiger partial charge in [0.2, 0.25) is 0 Å². The highest BCUT2D eigenvalue weighted by molar-refractivity contribution is 5.24. The minimum atomic E-state index is -0.615. The molecule has 0 radical (unpaired) electrons. The van der Waals surface area contributed by atoms with Gasteiger partial charge in [0.1, 0.15) is 0 Å². The molecule has 2 atom stereocenters. The summed E-state index contributed by atoms with van der Waals surface area (Å²) in [5.41, 5.74) is 2.06. The van der Waals surface area contributed by atoms with Gasteiger partial charge in [0.05, 0.1) is 5.60 Å². The first-order chi connectivity index (χ1) is 8.48. The predicted molar refractivity (Wildman–Crippen MR) is 77.8 cm³/mol. The Balaban J connectivity index is 2.53. The van der Waals surface area contributed by atoms with E-state index in [0.717, 1.165) is 12.8 Å². The van der Waals surface area contributed by atoms with Crippen molar-refractivity contribution in [2.45, 2.75) is 58.6 Å². The molecule has 1 aromatic rings. The summed E-state index contributed by atoms with van der Waals surface area (Å²) in [5, 5.41) is 13.4. The summed E-state index contributed by atoms with van der Waals surface area (Å²) in [7, 11) is 0. The first kappa shape index (κ1) is 15.2. The Morgan fingerprint density at radius 3 is 2.33 bits per heavy atom. The lowest BCUT2D eigenvalue weighted by molar-refractivity contribution is 0.0533. The number of nitrogens with one attached hydrogen (secondary N) is 1. The van der Waals surface area contributed by atoms with Gasteiger partial charge < -0.3 is 10.4 Å². The maximum atomic E-state index is 9.97. The molecule has 18 heavy (non-hydrogen) atoms. The van der Waals surface area contributed by atoms with Crippen LogP contribution < -0.4 is 5.32 Å². The number of aryl methyl sites for hydroxylation is 1. The highest BCUT2D eigenvalue weighted by Crippen LogP contribution is 2.16. The molecule has 0 spiro atoms. The Morgan fingerprint density at radius 1 is 1.22 bits per heavy atom. The molecule has 102 valence electrons. The van der Waals surface area contributed by atoms with Crippen molar-refractivity contribution in [3.63, 3.8) is 0 Å². The van der Waals surface area contributed by atoms with Crippen molar-refractivity contribution >= 4 is 0 Å². The highest BCUT2D eigenvalue weighted by atomic mass is 16.3. The Morgan fingerprint density at radius 2 is 1.83 bits per heavy atom. The molecule has 1 aromatic carbocycles. The first-order valence-corrected chi connectivity index (χ1v) is 7.03. The average molecular weight is 249 g/mol. The van der Waals surface area contributed by atoms with E-state index in [1.807, 2.05) is 13.8 Å². The summed E-state index contributed by atoms with van der Waals surface area (Å²) in [6.45, 7) is 8.84. The zero-order valence-electron chi connectivity index (χ0n) is 12.2. The molecule has 0 aliphatic rings. The van der Waals surface area contributed by atoms with Gasteiger partial charge in [0.15, 0.2) is 0 Å². The molecule has 0 aliphatic heterocycles. The molecule has 0 bridgehead atoms. The van der Waals surface area contributed by atoms with Crippen LogP contribution in [0.2, 0.25) is 0 Å². The monoisotopic (exact) mass is 249 g/mol. The van der Waals surface area contributed by atoms with Gasteiger partial charge in [0.25, 0.3) is 0 Å². The third-order valence-electron chi connectivity index (χ3n) is 3.57. The van der Waals surface area contributed by atoms with Crippen LogP contribution in [0.15, 0.2) is 24.3 Å². The van der Waals surface area contributed by atoms with Crippen molar-refractivity contribution in [1.29, 1.82) is 0 Å². The summed E-state index contributed by atoms with van der Waals surface area (Å²) in [4.78, 5) is 0. The molecule has 0 fully saturated rings. The van der Waals surface area contributed by atoms with Crippen molar-refractivity contribution in [3.8, 4) is 0 Å². The van der Waals surface area contributed by atoms with Crippen LogP contribution >= 0.6 is 0 Å². The lowest BCUT2D eigenvalue weighted by Gasteiger charge is -2.24. The van der Waals surface area contributed by atoms with Crippen LogP contribution in [0, 0.1) is 0 Å². The number of hydrogen-bond acceptors (Lipinski definition) is 2. The predicted octanol–water partition coefficient (Wildman–Crippen LogP) is 3.45. The van der Waals surface area contributed by atoms with Crippen LogP contribution in [-0.2, 0) is 6.42 Å². The third-order valence-corrected chi connectivity index (χ3v) is 3.57. The van der Waals surface area contributed by atoms with E-state index in [9.17, 15) is 5.11 Å². The fourth-order valence-corrected chi connectivity index (χ4v) is 1.88. The molecule has 0 saturated carbocycles. The van der Waals surface area contributed by atoms with Crippen molar-refractivity contribution < 1.29 is 5.11 Å². The molecule has 1 rings (SSSR count). The number of rotatable bonds is 7. The summed E-state index contributed by atoms with van der Waals surface area (Å²) >= 11 is 0. The fraction of sp³-hybridized carbons (Fsp3) is 0.625. The molecule has 0 amide bonds. The summed E-state index contributed by atoms with van der Waals surface area (Å²) < 4.78 is 0. The molecule has 2 unspecified atom stereocenters. The van der Waals surface area contributed by atoms with Crippen LogP contribution in [0.1, 0.15) is 57.7 Å². The maximum absolute atomic E-state index is 9.97. The Labute approximate surface area is 111 Å². The number of benzene rings is 1. The fourth-order valence-electron chi connectivity index (χ4n) is 1.88. The van der Waals surface area contributed by atoms with E-state index in [0.29, 0.717) is 6.54 Å². The standard InChI is InChI=1S/C16H27NO/c1-5-7-14-8-10-15(11-9-14)13(3)17-12-16(4,18)6-2/h8-11,13,17-18H,5-7,12H2,1-4H3. The van der Waals surface area contributed by atoms with E-state index in [1.54, 1.807) is 0 Å². The minimum Gasteiger partial charge on any atom is -0.389 e. The normalized spacial score (nSPS) is 16.3. The number of hydrogen-bond donors (Lipinski definition) is 2. The zero-order chi connectivity index (χ0) is 13.6. The molecular weight excluding hydrogens is 222 g/mol. The topological polar surface area (TPSA) is 32.3 Å². The van der Waals surface area contributed by atoms with Gasteiger partial charge in [-0.05, 0) is 37.8 Å². The Kier molecular flexibility index (Phi) is 5.83. The van der Waals surface area contributed by atoms with Crippen LogP contribution in [0.4, 0.5) is 0 Å². The minimum absolute atomic E-state index is 0.277. The molecular formula is C16H27NO. The van der Waals surface area contributed by atoms with Crippen LogP contribution in [0.3, 0.4) is 0 Å². The third kappa shape index (κ3) is 4.79. The van der Waals surface area contributed by atoms with Crippen molar-refractivity contribution in [3.05, 3.63) is 35.4 Å². The Bertz CT molecular complexity index is 343. The maximum Gasteiger partial charge on any atom is 0.0741 e. The van der Waals surface area contributed by atoms with Gasteiger partial charge in [-0.15, -0.1) is 0 Å². The van der Waals surface area contributed by atoms with Gasteiger partial charge in [-0.25, -0.2) is 0 Å². The molecule has 2 N–H and O–H groups in total. The molecule has 0 aliphatic carbocycles. The summed E-state index contributed by atoms with van der Waals surface area (Å²) in [5.74, 6) is 0. The molecule has 0 saturated heterocycles. The van der Waals surface area contributed by atoms with Crippen molar-refractivity contribution in [2.24, 2.45) is 0 Å². The summed E-state index contributed by atoms with van der Waals surface area (Å²) in [6, 6.07) is 9.05. The van der Waals surface area contributed by atoms with Crippen molar-refractivity contribution in [1.82, 2.24) is 5.32 Å². The summed E-state index contributed by atoms with van der Waals surface area (Å²) in [6.07, 6.45) is 3.10. The van der Waals surface area contributed by atoms with E-state index in [1.165, 1.54) is 17.5 Å². The zero-order valence-corrected chi connectivity index (χ0v) is 12.2. The second kappa shape index (κ2) is 6.91. The van der Waals surface area contributed by atoms with E-state index in [-0.39, 0.29) is 6.04 Å². The van der Waals surface area contributed by atoms with E-state index < -0.39 is 5.60 Å². The Hall–Kier alpha value is -0.860. The quantitative estimate of drug-likeness (QED) is 0.775. The van der Waals surface area contributed by atoms with Crippen LogP contribution in [-0.4, -0.2) is 17.3 Å². The van der Waals surface area contributed by atoms with E-state index in [4.69, 9.17) is 0 Å². The second-order valence-electron chi connectivity index (χ2n) is 5.44. The highest BCUT2D eigenvalue weighted by Gasteiger charge is 2.18. The smallest absolute Gasteiger partial charge is 0.0741 e. The molecule has 0 aromatic heterocycles. The SMILES string of the molecule is CCCc1ccc(C(C)NCC(C)(O)CC)cc1. The largest absolute Gasteiger partial charge is 0.389 e. The van der Waals surface area contributed by atoms with Crippen molar-refractivity contribution in [2.75, 3.05) is 6.54 Å². The van der Waals surface area contributed by atoms with E-state index >= 15 is 0 Å². The lowest BCUT2D eigenvalue weighted by Crippen LogP contribution is -2.38. The van der Waals surface area contributed by atoms with E-state index in [2.05, 4.69) is 43.4 Å². The average Bonchev–Trinajstić information content (AvgIpc) is 2.37. The van der Waals surface area contributed by atoms with Gasteiger partial charge in [0, 0.05) is 12.6 Å². The van der Waals surface area contributed by atoms with Gasteiger partial charge >= 0.3 is 0 Å². The lowest BCUT2D eigenvalue weighted by atomic mass is 10.0. The molecule has 2 nitrogen and oxygen atoms in total. The van der Waals surface area contributed by atoms with Gasteiger partial charge in [-0.3, -0.25) is 0 Å². The molecule has 0 heterocycles.